The zero-order valence-corrected chi connectivity index (χ0v) is 11.5. The molecule has 1 aromatic rings. The summed E-state index contributed by atoms with van der Waals surface area (Å²) in [6, 6.07) is 1.35. The highest BCUT2D eigenvalue weighted by molar-refractivity contribution is 7.99. The summed E-state index contributed by atoms with van der Waals surface area (Å²) >= 11 is 1.92. The Bertz CT molecular complexity index is 470. The zero-order chi connectivity index (χ0) is 13.8. The number of halogens is 1. The second-order valence-corrected chi connectivity index (χ2v) is 6.14. The van der Waals surface area contributed by atoms with Crippen LogP contribution in [0, 0.1) is 5.82 Å². The number of hydrogen-bond donors (Lipinski definition) is 2. The van der Waals surface area contributed by atoms with Crippen molar-refractivity contribution in [1.29, 1.82) is 0 Å². The molecule has 0 spiro atoms. The third-order valence-corrected chi connectivity index (χ3v) is 4.48. The summed E-state index contributed by atoms with van der Waals surface area (Å²) in [5.74, 6) is -0.916. The van der Waals surface area contributed by atoms with Gasteiger partial charge in [0.15, 0.2) is 11.6 Å². The van der Waals surface area contributed by atoms with Crippen LogP contribution in [0.3, 0.4) is 0 Å². The molecule has 1 saturated carbocycles. The molecule has 0 saturated heterocycles. The lowest BCUT2D eigenvalue weighted by molar-refractivity contribution is 0.0692. The van der Waals surface area contributed by atoms with Gasteiger partial charge in [0.2, 0.25) is 0 Å². The van der Waals surface area contributed by atoms with Gasteiger partial charge < -0.3 is 10.4 Å². The largest absolute Gasteiger partial charge is 0.478 e. The SMILES string of the molecule is CCSC1CCC(Nc2nccc(C(=O)O)c2F)C1. The van der Waals surface area contributed by atoms with E-state index in [0.717, 1.165) is 25.0 Å². The molecular formula is C13H17FN2O2S. The Morgan fingerprint density at radius 3 is 3.11 bits per heavy atom. The van der Waals surface area contributed by atoms with Gasteiger partial charge in [0.25, 0.3) is 0 Å². The van der Waals surface area contributed by atoms with Crippen molar-refractivity contribution in [1.82, 2.24) is 4.98 Å². The van der Waals surface area contributed by atoms with Crippen LogP contribution in [0.4, 0.5) is 10.2 Å². The van der Waals surface area contributed by atoms with Gasteiger partial charge in [-0.05, 0) is 31.1 Å². The first-order valence-electron chi connectivity index (χ1n) is 6.37. The molecule has 6 heteroatoms. The van der Waals surface area contributed by atoms with Gasteiger partial charge in [0, 0.05) is 17.5 Å². The molecule has 1 fully saturated rings. The minimum atomic E-state index is -1.27. The number of aromatic carboxylic acids is 1. The van der Waals surface area contributed by atoms with E-state index in [4.69, 9.17) is 5.11 Å². The first-order valence-corrected chi connectivity index (χ1v) is 7.42. The average molecular weight is 284 g/mol. The normalized spacial score (nSPS) is 22.4. The first-order chi connectivity index (χ1) is 9.11. The number of thioether (sulfide) groups is 1. The second-order valence-electron chi connectivity index (χ2n) is 4.56. The summed E-state index contributed by atoms with van der Waals surface area (Å²) in [5.41, 5.74) is -0.338. The number of anilines is 1. The quantitative estimate of drug-likeness (QED) is 0.870. The molecule has 104 valence electrons. The molecule has 2 unspecified atom stereocenters. The topological polar surface area (TPSA) is 62.2 Å². The minimum absolute atomic E-state index is 0.0482. The molecule has 0 bridgehead atoms. The van der Waals surface area contributed by atoms with Gasteiger partial charge in [0.05, 0.1) is 0 Å². The number of nitrogens with one attached hydrogen (secondary N) is 1. The highest BCUT2D eigenvalue weighted by Crippen LogP contribution is 2.31. The molecule has 0 radical (unpaired) electrons. The molecule has 2 N–H and O–H groups in total. The van der Waals surface area contributed by atoms with Gasteiger partial charge in [-0.2, -0.15) is 11.8 Å². The van der Waals surface area contributed by atoms with E-state index in [1.165, 1.54) is 12.3 Å². The highest BCUT2D eigenvalue weighted by atomic mass is 32.2. The van der Waals surface area contributed by atoms with Crippen molar-refractivity contribution in [3.63, 3.8) is 0 Å². The van der Waals surface area contributed by atoms with Gasteiger partial charge in [0.1, 0.15) is 5.56 Å². The Balaban J connectivity index is 2.04. The molecule has 4 nitrogen and oxygen atoms in total. The fraction of sp³-hybridized carbons (Fsp3) is 0.538. The Morgan fingerprint density at radius 2 is 2.42 bits per heavy atom. The number of carboxylic acids is 1. The van der Waals surface area contributed by atoms with Crippen molar-refractivity contribution >= 4 is 23.5 Å². The summed E-state index contributed by atoms with van der Waals surface area (Å²) in [6.45, 7) is 2.13. The van der Waals surface area contributed by atoms with E-state index in [1.807, 2.05) is 11.8 Å². The molecule has 0 aliphatic heterocycles. The molecule has 1 aromatic heterocycles. The van der Waals surface area contributed by atoms with Crippen LogP contribution < -0.4 is 5.32 Å². The summed E-state index contributed by atoms with van der Waals surface area (Å²) in [7, 11) is 0. The fourth-order valence-corrected chi connectivity index (χ4v) is 3.50. The van der Waals surface area contributed by atoms with E-state index in [9.17, 15) is 9.18 Å². The predicted molar refractivity (Wildman–Crippen MR) is 74.3 cm³/mol. The molecule has 1 aliphatic carbocycles. The number of aromatic nitrogens is 1. The van der Waals surface area contributed by atoms with E-state index in [0.29, 0.717) is 5.25 Å². The average Bonchev–Trinajstić information content (AvgIpc) is 2.79. The number of nitrogens with zero attached hydrogens (tertiary/aromatic N) is 1. The molecule has 2 rings (SSSR count). The smallest absolute Gasteiger partial charge is 0.338 e. The maximum absolute atomic E-state index is 13.9. The van der Waals surface area contributed by atoms with Crippen molar-refractivity contribution in [3.05, 3.63) is 23.6 Å². The van der Waals surface area contributed by atoms with E-state index >= 15 is 0 Å². The van der Waals surface area contributed by atoms with Gasteiger partial charge in [-0.3, -0.25) is 0 Å². The molecule has 0 aromatic carbocycles. The molecule has 1 heterocycles. The van der Waals surface area contributed by atoms with Crippen LogP contribution in [-0.4, -0.2) is 33.1 Å². The lowest BCUT2D eigenvalue weighted by atomic mass is 10.2. The number of rotatable bonds is 5. The van der Waals surface area contributed by atoms with Crippen molar-refractivity contribution in [3.8, 4) is 0 Å². The van der Waals surface area contributed by atoms with E-state index in [1.54, 1.807) is 0 Å². The van der Waals surface area contributed by atoms with Crippen LogP contribution in [-0.2, 0) is 0 Å². The first kappa shape index (κ1) is 14.1. The Kier molecular flexibility index (Phi) is 4.63. The summed E-state index contributed by atoms with van der Waals surface area (Å²) in [5, 5.41) is 12.5. The van der Waals surface area contributed by atoms with Crippen LogP contribution in [0.15, 0.2) is 12.3 Å². The maximum atomic E-state index is 13.9. The number of carboxylic acid groups (broad SMARTS) is 1. The Labute approximate surface area is 115 Å². The van der Waals surface area contributed by atoms with E-state index < -0.39 is 11.8 Å². The summed E-state index contributed by atoms with van der Waals surface area (Å²) in [4.78, 5) is 14.7. The highest BCUT2D eigenvalue weighted by Gasteiger charge is 2.26. The fourth-order valence-electron chi connectivity index (χ4n) is 2.36. The van der Waals surface area contributed by atoms with Crippen LogP contribution in [0.25, 0.3) is 0 Å². The predicted octanol–water partition coefficient (Wildman–Crippen LogP) is 3.01. The van der Waals surface area contributed by atoms with Crippen LogP contribution in [0.1, 0.15) is 36.5 Å². The number of carbonyl (C=O) groups is 1. The van der Waals surface area contributed by atoms with Crippen LogP contribution >= 0.6 is 11.8 Å². The summed E-state index contributed by atoms with van der Waals surface area (Å²) in [6.07, 6.45) is 4.37. The van der Waals surface area contributed by atoms with Crippen molar-refractivity contribution in [2.45, 2.75) is 37.5 Å². The molecule has 19 heavy (non-hydrogen) atoms. The molecule has 1 aliphatic rings. The minimum Gasteiger partial charge on any atom is -0.478 e. The van der Waals surface area contributed by atoms with Gasteiger partial charge in [-0.1, -0.05) is 6.92 Å². The van der Waals surface area contributed by atoms with Gasteiger partial charge in [-0.25, -0.2) is 14.2 Å². The number of pyridine rings is 1. The third kappa shape index (κ3) is 3.37. The van der Waals surface area contributed by atoms with E-state index in [2.05, 4.69) is 17.2 Å². The van der Waals surface area contributed by atoms with Crippen LogP contribution in [0.5, 0.6) is 0 Å². The number of hydrogen-bond acceptors (Lipinski definition) is 4. The van der Waals surface area contributed by atoms with Crippen molar-refractivity contribution < 1.29 is 14.3 Å². The molecule has 0 amide bonds. The molecular weight excluding hydrogens is 267 g/mol. The monoisotopic (exact) mass is 284 g/mol. The van der Waals surface area contributed by atoms with Crippen molar-refractivity contribution in [2.24, 2.45) is 0 Å². The second kappa shape index (κ2) is 6.23. The third-order valence-electron chi connectivity index (χ3n) is 3.25. The molecule has 2 atom stereocenters. The lowest BCUT2D eigenvalue weighted by Crippen LogP contribution is -2.19. The summed E-state index contributed by atoms with van der Waals surface area (Å²) < 4.78 is 13.9. The Hall–Kier alpha value is -1.30. The van der Waals surface area contributed by atoms with E-state index in [-0.39, 0.29) is 17.4 Å². The Morgan fingerprint density at radius 1 is 1.63 bits per heavy atom. The van der Waals surface area contributed by atoms with Crippen molar-refractivity contribution in [2.75, 3.05) is 11.1 Å². The van der Waals surface area contributed by atoms with Gasteiger partial charge in [-0.15, -0.1) is 0 Å². The van der Waals surface area contributed by atoms with Crippen LogP contribution in [0.2, 0.25) is 0 Å². The maximum Gasteiger partial charge on any atom is 0.338 e. The zero-order valence-electron chi connectivity index (χ0n) is 10.7. The standard InChI is InChI=1S/C13H17FN2O2S/c1-2-19-9-4-3-8(7-9)16-12-11(14)10(13(17)18)5-6-15-12/h5-6,8-9H,2-4,7H2,1H3,(H,15,16)(H,17,18). The lowest BCUT2D eigenvalue weighted by Gasteiger charge is -2.14. The van der Waals surface area contributed by atoms with Gasteiger partial charge >= 0.3 is 5.97 Å².